The molecule has 21 heavy (non-hydrogen) atoms. The summed E-state index contributed by atoms with van der Waals surface area (Å²) >= 11 is 0. The smallest absolute Gasteiger partial charge is 0.388 e. The van der Waals surface area contributed by atoms with Crippen LogP contribution < -0.4 is 10.6 Å². The van der Waals surface area contributed by atoms with Gasteiger partial charge in [0.1, 0.15) is 0 Å². The van der Waals surface area contributed by atoms with E-state index < -0.39 is 29.6 Å². The van der Waals surface area contributed by atoms with Crippen LogP contribution in [0.3, 0.4) is 0 Å². The number of halogens is 3. The van der Waals surface area contributed by atoms with Crippen LogP contribution in [0.5, 0.6) is 0 Å². The lowest BCUT2D eigenvalue weighted by Crippen LogP contribution is -2.55. The molecule has 2 aliphatic rings. The zero-order valence-corrected chi connectivity index (χ0v) is 12.2. The van der Waals surface area contributed by atoms with Crippen molar-refractivity contribution < 1.29 is 23.1 Å². The maximum atomic E-state index is 13.2. The summed E-state index contributed by atoms with van der Waals surface area (Å²) in [4.78, 5) is 12.1. The second kappa shape index (κ2) is 5.76. The molecule has 0 radical (unpaired) electrons. The lowest BCUT2D eigenvalue weighted by atomic mass is 9.79. The van der Waals surface area contributed by atoms with E-state index in [4.69, 9.17) is 0 Å². The molecular formula is C14H23F3N2O2. The van der Waals surface area contributed by atoms with Crippen molar-refractivity contribution in [3.8, 4) is 0 Å². The predicted molar refractivity (Wildman–Crippen MR) is 71.6 cm³/mol. The Morgan fingerprint density at radius 3 is 2.43 bits per heavy atom. The highest BCUT2D eigenvalue weighted by atomic mass is 19.4. The number of carbonyl (C=O) groups is 1. The summed E-state index contributed by atoms with van der Waals surface area (Å²) in [7, 11) is 0. The molecule has 1 atom stereocenters. The van der Waals surface area contributed by atoms with E-state index in [9.17, 15) is 23.1 Å². The van der Waals surface area contributed by atoms with Crippen molar-refractivity contribution in [2.75, 3.05) is 19.6 Å². The molecule has 2 rings (SSSR count). The van der Waals surface area contributed by atoms with Gasteiger partial charge in [0, 0.05) is 13.1 Å². The number of hydrogen-bond acceptors (Lipinski definition) is 3. The third kappa shape index (κ3) is 3.34. The van der Waals surface area contributed by atoms with Crippen molar-refractivity contribution in [2.24, 2.45) is 11.3 Å². The highest BCUT2D eigenvalue weighted by Crippen LogP contribution is 2.43. The van der Waals surface area contributed by atoms with Gasteiger partial charge in [-0.2, -0.15) is 13.2 Å². The fourth-order valence-corrected chi connectivity index (χ4v) is 3.15. The van der Waals surface area contributed by atoms with Crippen LogP contribution in [0.25, 0.3) is 0 Å². The van der Waals surface area contributed by atoms with E-state index in [0.717, 1.165) is 12.8 Å². The van der Waals surface area contributed by atoms with Crippen molar-refractivity contribution >= 4 is 5.91 Å². The average molecular weight is 308 g/mol. The normalized spacial score (nSPS) is 37.5. The van der Waals surface area contributed by atoms with Crippen molar-refractivity contribution in [2.45, 2.75) is 50.8 Å². The van der Waals surface area contributed by atoms with Gasteiger partial charge in [0.2, 0.25) is 5.91 Å². The Kier molecular flexibility index (Phi) is 4.54. The van der Waals surface area contributed by atoms with Gasteiger partial charge in [0.25, 0.3) is 0 Å². The van der Waals surface area contributed by atoms with Gasteiger partial charge in [0.15, 0.2) is 5.41 Å². The number of carbonyl (C=O) groups excluding carboxylic acids is 1. The molecule has 2 fully saturated rings. The summed E-state index contributed by atoms with van der Waals surface area (Å²) < 4.78 is 39.6. The number of hydrogen-bond donors (Lipinski definition) is 3. The summed E-state index contributed by atoms with van der Waals surface area (Å²) in [6.45, 7) is 1.77. The van der Waals surface area contributed by atoms with Crippen LogP contribution >= 0.6 is 0 Å². The first-order chi connectivity index (χ1) is 9.69. The molecule has 1 aliphatic carbocycles. The molecule has 7 heteroatoms. The average Bonchev–Trinajstić information content (AvgIpc) is 2.90. The third-order valence-electron chi connectivity index (χ3n) is 4.92. The minimum absolute atomic E-state index is 0.101. The maximum absolute atomic E-state index is 13.2. The van der Waals surface area contributed by atoms with Crippen LogP contribution in [0.1, 0.15) is 39.0 Å². The van der Waals surface area contributed by atoms with Crippen molar-refractivity contribution in [1.82, 2.24) is 10.6 Å². The molecule has 0 aromatic heterocycles. The van der Waals surface area contributed by atoms with Crippen molar-refractivity contribution in [3.05, 3.63) is 0 Å². The number of amides is 1. The van der Waals surface area contributed by atoms with Gasteiger partial charge < -0.3 is 15.7 Å². The first kappa shape index (κ1) is 16.5. The van der Waals surface area contributed by atoms with Crippen LogP contribution in [-0.4, -0.2) is 42.4 Å². The van der Waals surface area contributed by atoms with Gasteiger partial charge in [-0.05, 0) is 44.6 Å². The van der Waals surface area contributed by atoms with E-state index in [1.54, 1.807) is 0 Å². The van der Waals surface area contributed by atoms with Crippen LogP contribution in [0.15, 0.2) is 0 Å². The molecule has 0 bridgehead atoms. The number of rotatable bonds is 3. The molecule has 1 amide bonds. The summed E-state index contributed by atoms with van der Waals surface area (Å²) in [6, 6.07) is 0. The molecular weight excluding hydrogens is 285 g/mol. The van der Waals surface area contributed by atoms with Gasteiger partial charge in [0.05, 0.1) is 5.60 Å². The van der Waals surface area contributed by atoms with E-state index in [1.165, 1.54) is 0 Å². The van der Waals surface area contributed by atoms with E-state index in [1.807, 2.05) is 0 Å². The monoisotopic (exact) mass is 308 g/mol. The van der Waals surface area contributed by atoms with E-state index in [0.29, 0.717) is 18.8 Å². The summed E-state index contributed by atoms with van der Waals surface area (Å²) in [5, 5.41) is 15.3. The van der Waals surface area contributed by atoms with Crippen LogP contribution in [0.4, 0.5) is 13.2 Å². The predicted octanol–water partition coefficient (Wildman–Crippen LogP) is 1.59. The zero-order valence-electron chi connectivity index (χ0n) is 12.2. The topological polar surface area (TPSA) is 61.4 Å². The molecule has 1 saturated heterocycles. The minimum Gasteiger partial charge on any atom is -0.388 e. The van der Waals surface area contributed by atoms with E-state index in [-0.39, 0.29) is 19.5 Å². The Balaban J connectivity index is 1.97. The standard InChI is InChI=1S/C14H23F3N2O2/c1-10-2-4-12(21,5-3-10)8-19-11(20)13(14(15,16)17)6-7-18-9-13/h10,18,21H,2-9H2,1H3,(H,19,20). The Morgan fingerprint density at radius 1 is 1.33 bits per heavy atom. The Bertz CT molecular complexity index is 384. The van der Waals surface area contributed by atoms with Gasteiger partial charge in [-0.1, -0.05) is 6.92 Å². The first-order valence-electron chi connectivity index (χ1n) is 7.47. The molecule has 3 N–H and O–H groups in total. The second-order valence-corrected chi connectivity index (χ2v) is 6.60. The number of aliphatic hydroxyl groups is 1. The van der Waals surface area contributed by atoms with Gasteiger partial charge in [-0.3, -0.25) is 4.79 Å². The van der Waals surface area contributed by atoms with Crippen LogP contribution in [-0.2, 0) is 4.79 Å². The molecule has 0 aromatic rings. The zero-order chi connectivity index (χ0) is 15.7. The van der Waals surface area contributed by atoms with Gasteiger partial charge >= 0.3 is 6.18 Å². The van der Waals surface area contributed by atoms with Crippen molar-refractivity contribution in [3.63, 3.8) is 0 Å². The largest absolute Gasteiger partial charge is 0.404 e. The van der Waals surface area contributed by atoms with Crippen LogP contribution in [0, 0.1) is 11.3 Å². The second-order valence-electron chi connectivity index (χ2n) is 6.60. The quantitative estimate of drug-likeness (QED) is 0.742. The fourth-order valence-electron chi connectivity index (χ4n) is 3.15. The summed E-state index contributed by atoms with van der Waals surface area (Å²) in [6.07, 6.45) is -2.13. The van der Waals surface area contributed by atoms with Gasteiger partial charge in [-0.25, -0.2) is 0 Å². The molecule has 1 heterocycles. The highest BCUT2D eigenvalue weighted by molar-refractivity contribution is 5.84. The Hall–Kier alpha value is -0.820. The molecule has 4 nitrogen and oxygen atoms in total. The Labute approximate surface area is 122 Å². The van der Waals surface area contributed by atoms with E-state index >= 15 is 0 Å². The maximum Gasteiger partial charge on any atom is 0.404 e. The van der Waals surface area contributed by atoms with Crippen LogP contribution in [0.2, 0.25) is 0 Å². The fraction of sp³-hybridized carbons (Fsp3) is 0.929. The highest BCUT2D eigenvalue weighted by Gasteiger charge is 2.61. The number of alkyl halides is 3. The molecule has 1 aliphatic heterocycles. The number of nitrogens with one attached hydrogen (secondary N) is 2. The first-order valence-corrected chi connectivity index (χ1v) is 7.47. The molecule has 1 unspecified atom stereocenters. The third-order valence-corrected chi connectivity index (χ3v) is 4.92. The lowest BCUT2D eigenvalue weighted by molar-refractivity contribution is -0.216. The Morgan fingerprint density at radius 2 is 1.95 bits per heavy atom. The molecule has 0 aromatic carbocycles. The molecule has 0 spiro atoms. The lowest BCUT2D eigenvalue weighted by Gasteiger charge is -2.36. The molecule has 122 valence electrons. The summed E-state index contributed by atoms with van der Waals surface area (Å²) in [5.41, 5.74) is -3.42. The van der Waals surface area contributed by atoms with E-state index in [2.05, 4.69) is 17.6 Å². The minimum atomic E-state index is -4.58. The van der Waals surface area contributed by atoms with Crippen molar-refractivity contribution in [1.29, 1.82) is 0 Å². The SMILES string of the molecule is CC1CCC(O)(CNC(=O)C2(C(F)(F)F)CCNC2)CC1. The molecule has 1 saturated carbocycles. The summed E-state index contributed by atoms with van der Waals surface area (Å²) in [5.74, 6) is -0.506. The van der Waals surface area contributed by atoms with Gasteiger partial charge in [-0.15, -0.1) is 0 Å².